The second-order valence-corrected chi connectivity index (χ2v) is 15.7. The van der Waals surface area contributed by atoms with Crippen LogP contribution in [0.2, 0.25) is 0 Å². The molecule has 1 N–H and O–H groups in total. The van der Waals surface area contributed by atoms with Crippen LogP contribution in [0.25, 0.3) is 21.1 Å². The van der Waals surface area contributed by atoms with Gasteiger partial charge in [-0.1, -0.05) is 6.07 Å². The van der Waals surface area contributed by atoms with Gasteiger partial charge in [-0.05, 0) is 56.0 Å². The van der Waals surface area contributed by atoms with Gasteiger partial charge in [0.2, 0.25) is 16.0 Å². The maximum Gasteiger partial charge on any atom is 0.393 e. The molecule has 0 aliphatic carbocycles. The molecule has 0 bridgehead atoms. The summed E-state index contributed by atoms with van der Waals surface area (Å²) < 4.78 is 78.8. The lowest BCUT2D eigenvalue weighted by atomic mass is 10.0. The average Bonchev–Trinajstić information content (AvgIpc) is 3.63. The van der Waals surface area contributed by atoms with E-state index in [1.165, 1.54) is 16.2 Å². The fourth-order valence-electron chi connectivity index (χ4n) is 6.83. The van der Waals surface area contributed by atoms with E-state index in [0.29, 0.717) is 41.4 Å². The number of likely N-dealkylation sites (tertiary alicyclic amines) is 1. The molecule has 2 aliphatic heterocycles. The van der Waals surface area contributed by atoms with E-state index in [9.17, 15) is 31.2 Å². The number of anilines is 1. The van der Waals surface area contributed by atoms with E-state index < -0.39 is 28.6 Å². The fourth-order valence-corrected chi connectivity index (χ4v) is 8.71. The number of hydrogen-bond acceptors (Lipinski definition) is 9. The topological polar surface area (TPSA) is 110 Å². The first kappa shape index (κ1) is 34.5. The molecule has 1 aromatic carbocycles. The van der Waals surface area contributed by atoms with E-state index in [-0.39, 0.29) is 30.1 Å². The van der Waals surface area contributed by atoms with Gasteiger partial charge in [0, 0.05) is 80.2 Å². The molecule has 1 atom stereocenters. The Bertz CT molecular complexity index is 1920. The first-order valence-electron chi connectivity index (χ1n) is 15.9. The molecule has 4 aromatic rings. The molecule has 0 radical (unpaired) electrons. The van der Waals surface area contributed by atoms with Gasteiger partial charge in [0.25, 0.3) is 0 Å². The number of hydrogen-bond donors (Lipinski definition) is 1. The van der Waals surface area contributed by atoms with Gasteiger partial charge in [-0.25, -0.2) is 22.8 Å². The third-order valence-corrected chi connectivity index (χ3v) is 12.0. The molecule has 2 fully saturated rings. The Hall–Kier alpha value is -3.36. The van der Waals surface area contributed by atoms with E-state index in [0.717, 1.165) is 60.3 Å². The Morgan fingerprint density at radius 1 is 1.08 bits per heavy atom. The summed E-state index contributed by atoms with van der Waals surface area (Å²) in [5.74, 6) is 0.573. The highest BCUT2D eigenvalue weighted by Gasteiger charge is 2.31. The molecule has 6 rings (SSSR count). The zero-order chi connectivity index (χ0) is 34.2. The molecular weight excluding hydrogens is 669 g/mol. The van der Waals surface area contributed by atoms with Crippen LogP contribution in [0.1, 0.15) is 41.5 Å². The second-order valence-electron chi connectivity index (χ2n) is 12.7. The zero-order valence-corrected chi connectivity index (χ0v) is 28.4. The summed E-state index contributed by atoms with van der Waals surface area (Å²) in [6.07, 6.45) is -2.15. The number of rotatable bonds is 10. The summed E-state index contributed by atoms with van der Waals surface area (Å²) in [6, 6.07) is 8.81. The molecule has 2 saturated heterocycles. The van der Waals surface area contributed by atoms with E-state index in [1.807, 2.05) is 10.6 Å². The Morgan fingerprint density at radius 2 is 1.81 bits per heavy atom. The standard InChI is InChI=1S/C32H38F4N8O2S2/c1-21(42-9-11-43(12-10-42)48(45,46)19-33)17-44-25(16-37)13-27-22(2)23(3-4-29(27)44)18-41-7-5-24(6-8-41)40-30-28-14-26(15-32(34,35)36)47-31(28)39-20-38-30/h3-4,13-14,20-21,24H,5-12,15,17-19H2,1-2H3,(H,38,39,40). The summed E-state index contributed by atoms with van der Waals surface area (Å²) in [5.41, 5.74) is 3.85. The second kappa shape index (κ2) is 13.9. The number of halogens is 4. The number of aryl methyl sites for hydroxylation is 1. The lowest BCUT2D eigenvalue weighted by molar-refractivity contribution is -0.126. The molecule has 0 amide bonds. The SMILES string of the molecule is Cc1c(CN2CCC(Nc3ncnc4sc(CC(F)(F)F)cc34)CC2)ccc2c1cc(C#N)n2CC(C)N1CCN(S(=O)(=O)CF)CC1. The van der Waals surface area contributed by atoms with Crippen molar-refractivity contribution in [1.82, 2.24) is 28.6 Å². The van der Waals surface area contributed by atoms with Crippen molar-refractivity contribution in [2.75, 3.05) is 50.6 Å². The van der Waals surface area contributed by atoms with Crippen LogP contribution in [0, 0.1) is 18.3 Å². The van der Waals surface area contributed by atoms with Gasteiger partial charge in [-0.2, -0.15) is 22.7 Å². The number of aromatic nitrogens is 3. The van der Waals surface area contributed by atoms with Crippen molar-refractivity contribution in [3.8, 4) is 6.07 Å². The van der Waals surface area contributed by atoms with E-state index in [1.54, 1.807) is 6.07 Å². The molecular formula is C32H38F4N8O2S2. The number of fused-ring (bicyclic) bond motifs is 2. The summed E-state index contributed by atoms with van der Waals surface area (Å²) >= 11 is 1.05. The van der Waals surface area contributed by atoms with Crippen molar-refractivity contribution in [2.45, 2.75) is 64.5 Å². The normalized spacial score (nSPS) is 18.4. The Balaban J connectivity index is 1.08. The molecule has 5 heterocycles. The summed E-state index contributed by atoms with van der Waals surface area (Å²) in [5, 5.41) is 15.1. The van der Waals surface area contributed by atoms with E-state index in [2.05, 4.69) is 57.1 Å². The summed E-state index contributed by atoms with van der Waals surface area (Å²) in [4.78, 5) is 13.8. The van der Waals surface area contributed by atoms with Crippen LogP contribution in [-0.4, -0.2) is 101 Å². The van der Waals surface area contributed by atoms with Crippen molar-refractivity contribution >= 4 is 48.3 Å². The molecule has 16 heteroatoms. The molecule has 48 heavy (non-hydrogen) atoms. The number of nitrogens with zero attached hydrogens (tertiary/aromatic N) is 7. The van der Waals surface area contributed by atoms with Gasteiger partial charge in [0.1, 0.15) is 28.7 Å². The van der Waals surface area contributed by atoms with Crippen molar-refractivity contribution < 1.29 is 26.0 Å². The van der Waals surface area contributed by atoms with Crippen LogP contribution in [0.4, 0.5) is 23.4 Å². The molecule has 3 aromatic heterocycles. The molecule has 0 spiro atoms. The predicted molar refractivity (Wildman–Crippen MR) is 178 cm³/mol. The molecule has 1 unspecified atom stereocenters. The smallest absolute Gasteiger partial charge is 0.367 e. The minimum absolute atomic E-state index is 0.0398. The van der Waals surface area contributed by atoms with Crippen molar-refractivity contribution in [3.05, 3.63) is 52.3 Å². The summed E-state index contributed by atoms with van der Waals surface area (Å²) in [7, 11) is -3.85. The minimum Gasteiger partial charge on any atom is -0.367 e. The highest BCUT2D eigenvalue weighted by molar-refractivity contribution is 7.88. The summed E-state index contributed by atoms with van der Waals surface area (Å²) in [6.45, 7) is 8.63. The van der Waals surface area contributed by atoms with Crippen molar-refractivity contribution in [1.29, 1.82) is 5.26 Å². The molecule has 10 nitrogen and oxygen atoms in total. The number of piperidine rings is 1. The highest BCUT2D eigenvalue weighted by atomic mass is 32.2. The molecule has 258 valence electrons. The van der Waals surface area contributed by atoms with Crippen LogP contribution < -0.4 is 5.32 Å². The largest absolute Gasteiger partial charge is 0.393 e. The first-order valence-corrected chi connectivity index (χ1v) is 18.4. The first-order chi connectivity index (χ1) is 22.8. The van der Waals surface area contributed by atoms with Crippen LogP contribution in [0.5, 0.6) is 0 Å². The lowest BCUT2D eigenvalue weighted by Crippen LogP contribution is -2.52. The van der Waals surface area contributed by atoms with Gasteiger partial charge in [-0.3, -0.25) is 9.80 Å². The maximum atomic E-state index is 12.9. The number of nitrogens with one attached hydrogen (secondary N) is 1. The fraction of sp³-hybridized carbons (Fsp3) is 0.531. The van der Waals surface area contributed by atoms with E-state index in [4.69, 9.17) is 0 Å². The van der Waals surface area contributed by atoms with E-state index >= 15 is 0 Å². The van der Waals surface area contributed by atoms with Gasteiger partial charge < -0.3 is 9.88 Å². The predicted octanol–water partition coefficient (Wildman–Crippen LogP) is 5.27. The number of benzene rings is 1. The quantitative estimate of drug-likeness (QED) is 0.222. The van der Waals surface area contributed by atoms with Gasteiger partial charge >= 0.3 is 6.18 Å². The Labute approximate surface area is 281 Å². The van der Waals surface area contributed by atoms with Gasteiger partial charge in [-0.15, -0.1) is 11.3 Å². The van der Waals surface area contributed by atoms with Crippen LogP contribution in [0.15, 0.2) is 30.6 Å². The average molecular weight is 707 g/mol. The van der Waals surface area contributed by atoms with Crippen LogP contribution in [-0.2, 0) is 29.5 Å². The molecule has 0 saturated carbocycles. The maximum absolute atomic E-state index is 12.9. The number of thiophene rings is 1. The zero-order valence-electron chi connectivity index (χ0n) is 26.8. The number of nitriles is 1. The minimum atomic E-state index is -4.27. The third kappa shape index (κ3) is 7.45. The van der Waals surface area contributed by atoms with Crippen molar-refractivity contribution in [3.63, 3.8) is 0 Å². The molecule has 2 aliphatic rings. The Morgan fingerprint density at radius 3 is 2.48 bits per heavy atom. The van der Waals surface area contributed by atoms with Crippen LogP contribution in [0.3, 0.4) is 0 Å². The lowest BCUT2D eigenvalue weighted by Gasteiger charge is -2.37. The number of alkyl halides is 4. The number of sulfonamides is 1. The highest BCUT2D eigenvalue weighted by Crippen LogP contribution is 2.33. The van der Waals surface area contributed by atoms with Crippen LogP contribution >= 0.6 is 11.3 Å². The van der Waals surface area contributed by atoms with Gasteiger partial charge in [0.15, 0.2) is 0 Å². The third-order valence-electron chi connectivity index (χ3n) is 9.53. The van der Waals surface area contributed by atoms with Crippen molar-refractivity contribution in [2.24, 2.45) is 0 Å². The monoisotopic (exact) mass is 706 g/mol. The van der Waals surface area contributed by atoms with Gasteiger partial charge in [0.05, 0.1) is 11.8 Å². The number of piperazine rings is 1. The Kier molecular flexibility index (Phi) is 9.97.